The number of rotatable bonds is 0. The third-order valence-corrected chi connectivity index (χ3v) is 3.87. The number of allylic oxidation sites excluding steroid dienone is 1. The summed E-state index contributed by atoms with van der Waals surface area (Å²) in [5, 5.41) is 29.5. The summed E-state index contributed by atoms with van der Waals surface area (Å²) in [7, 11) is 0. The summed E-state index contributed by atoms with van der Waals surface area (Å²) in [6.07, 6.45) is 6.41. The van der Waals surface area contributed by atoms with Gasteiger partial charge in [0.2, 0.25) is 0 Å². The second-order valence-electron chi connectivity index (χ2n) is 6.03. The van der Waals surface area contributed by atoms with E-state index >= 15 is 0 Å². The molecule has 2 atom stereocenters. The number of ketones is 1. The van der Waals surface area contributed by atoms with Crippen molar-refractivity contribution in [2.45, 2.75) is 44.8 Å². The van der Waals surface area contributed by atoms with Gasteiger partial charge in [0.15, 0.2) is 5.78 Å². The molecule has 0 unspecified atom stereocenters. The molecule has 2 rings (SSSR count). The van der Waals surface area contributed by atoms with E-state index in [-0.39, 0.29) is 22.8 Å². The lowest BCUT2D eigenvalue weighted by Crippen LogP contribution is -2.18. The monoisotopic (exact) mass is 346 g/mol. The average molecular weight is 346 g/mol. The fourth-order valence-electron chi connectivity index (χ4n) is 2.55. The average Bonchev–Trinajstić information content (AvgIpc) is 2.52. The summed E-state index contributed by atoms with van der Waals surface area (Å²) in [6, 6.07) is 2.45. The van der Waals surface area contributed by atoms with Gasteiger partial charge in [-0.25, -0.2) is 4.79 Å². The zero-order valence-corrected chi connectivity index (χ0v) is 14.0. The van der Waals surface area contributed by atoms with Crippen molar-refractivity contribution in [1.82, 2.24) is 0 Å². The van der Waals surface area contributed by atoms with E-state index in [1.807, 2.05) is 0 Å². The topological polar surface area (TPSA) is 104 Å². The van der Waals surface area contributed by atoms with Crippen LogP contribution >= 0.6 is 0 Å². The van der Waals surface area contributed by atoms with Gasteiger partial charge in [-0.15, -0.1) is 0 Å². The number of ether oxygens (including phenoxy) is 1. The maximum Gasteiger partial charge on any atom is 0.342 e. The molecule has 0 radical (unpaired) electrons. The molecule has 6 heteroatoms. The molecule has 1 aromatic carbocycles. The van der Waals surface area contributed by atoms with Gasteiger partial charge in [0, 0.05) is 12.5 Å². The van der Waals surface area contributed by atoms with Crippen molar-refractivity contribution in [2.75, 3.05) is 0 Å². The van der Waals surface area contributed by atoms with Gasteiger partial charge >= 0.3 is 5.97 Å². The Hall–Kier alpha value is -2.60. The first-order valence-electron chi connectivity index (χ1n) is 8.20. The molecule has 0 saturated carbocycles. The van der Waals surface area contributed by atoms with Crippen LogP contribution in [0, 0.1) is 0 Å². The number of aliphatic hydroxyl groups excluding tert-OH is 1. The third kappa shape index (κ3) is 5.19. The smallest absolute Gasteiger partial charge is 0.342 e. The molecule has 0 amide bonds. The van der Waals surface area contributed by atoms with Gasteiger partial charge in [-0.2, -0.15) is 0 Å². The summed E-state index contributed by atoms with van der Waals surface area (Å²) >= 11 is 0. The highest BCUT2D eigenvalue weighted by Gasteiger charge is 2.20. The zero-order valence-electron chi connectivity index (χ0n) is 14.0. The fraction of sp³-hybridized carbons (Fsp3) is 0.368. The first-order chi connectivity index (χ1) is 11.9. The summed E-state index contributed by atoms with van der Waals surface area (Å²) in [5.74, 6) is -1.60. The number of hydrogen-bond acceptors (Lipinski definition) is 6. The Kier molecular flexibility index (Phi) is 6.36. The molecule has 1 aliphatic rings. The molecule has 134 valence electrons. The minimum atomic E-state index is -1.05. The standard InChI is InChI=1S/C19H22O6/c1-12-6-5-9-16(22)15(21)8-4-2-3-7-13-10-14(20)11-17(23)18(13)19(24)25-12/h3,5,7,9-12,15,20-21,23H,2,4,6,8H2,1H3/b7-3+,9-5-/t12-,15-/m0/s1. The van der Waals surface area contributed by atoms with E-state index in [1.165, 1.54) is 12.1 Å². The first kappa shape index (κ1) is 18.7. The quantitative estimate of drug-likeness (QED) is 0.624. The van der Waals surface area contributed by atoms with Crippen LogP contribution in [0.3, 0.4) is 0 Å². The molecular weight excluding hydrogens is 324 g/mol. The van der Waals surface area contributed by atoms with Crippen molar-refractivity contribution in [1.29, 1.82) is 0 Å². The van der Waals surface area contributed by atoms with Crippen LogP contribution in [0.4, 0.5) is 0 Å². The Morgan fingerprint density at radius 2 is 1.88 bits per heavy atom. The summed E-state index contributed by atoms with van der Waals surface area (Å²) in [4.78, 5) is 24.1. The van der Waals surface area contributed by atoms with E-state index in [1.54, 1.807) is 25.2 Å². The Labute approximate surface area is 146 Å². The highest BCUT2D eigenvalue weighted by atomic mass is 16.5. The summed E-state index contributed by atoms with van der Waals surface area (Å²) < 4.78 is 5.30. The number of hydrogen-bond donors (Lipinski definition) is 3. The molecule has 25 heavy (non-hydrogen) atoms. The minimum absolute atomic E-state index is 0.0177. The van der Waals surface area contributed by atoms with Gasteiger partial charge in [0.25, 0.3) is 0 Å². The number of phenolic OH excluding ortho intramolecular Hbond substituents is 2. The number of carbonyl (C=O) groups excluding carboxylic acids is 2. The predicted octanol–water partition coefficient (Wildman–Crippen LogP) is 2.72. The molecule has 1 aromatic rings. The van der Waals surface area contributed by atoms with Crippen LogP contribution in [-0.2, 0) is 9.53 Å². The fourth-order valence-corrected chi connectivity index (χ4v) is 2.55. The van der Waals surface area contributed by atoms with Gasteiger partial charge in [-0.1, -0.05) is 18.2 Å². The second kappa shape index (κ2) is 8.48. The van der Waals surface area contributed by atoms with E-state index in [0.29, 0.717) is 31.2 Å². The number of benzene rings is 1. The molecule has 0 aliphatic carbocycles. The van der Waals surface area contributed by atoms with E-state index in [2.05, 4.69) is 0 Å². The summed E-state index contributed by atoms with van der Waals surface area (Å²) in [5.41, 5.74) is 0.326. The van der Waals surface area contributed by atoms with Crippen LogP contribution in [-0.4, -0.2) is 39.3 Å². The molecule has 0 fully saturated rings. The highest BCUT2D eigenvalue weighted by Crippen LogP contribution is 2.29. The number of aromatic hydroxyl groups is 2. The second-order valence-corrected chi connectivity index (χ2v) is 6.03. The number of carbonyl (C=O) groups is 2. The van der Waals surface area contributed by atoms with E-state index in [0.717, 1.165) is 6.07 Å². The van der Waals surface area contributed by atoms with Crippen molar-refractivity contribution in [3.05, 3.63) is 41.5 Å². The van der Waals surface area contributed by atoms with Crippen LogP contribution in [0.1, 0.15) is 48.5 Å². The maximum absolute atomic E-state index is 12.4. The molecular formula is C19H22O6. The van der Waals surface area contributed by atoms with Gasteiger partial charge in [-0.3, -0.25) is 4.79 Å². The number of esters is 1. The predicted molar refractivity (Wildman–Crippen MR) is 92.3 cm³/mol. The van der Waals surface area contributed by atoms with E-state index < -0.39 is 18.2 Å². The lowest BCUT2D eigenvalue weighted by Gasteiger charge is -2.14. The van der Waals surface area contributed by atoms with Crippen LogP contribution < -0.4 is 0 Å². The molecule has 0 aromatic heterocycles. The van der Waals surface area contributed by atoms with Gasteiger partial charge in [-0.05, 0) is 43.9 Å². The van der Waals surface area contributed by atoms with E-state index in [9.17, 15) is 24.9 Å². The Morgan fingerprint density at radius 1 is 1.12 bits per heavy atom. The Balaban J connectivity index is 2.33. The molecule has 1 heterocycles. The van der Waals surface area contributed by atoms with Crippen LogP contribution in [0.2, 0.25) is 0 Å². The van der Waals surface area contributed by atoms with Crippen molar-refractivity contribution in [3.8, 4) is 11.5 Å². The molecule has 0 saturated heterocycles. The SMILES string of the molecule is C[C@H]1C/C=C\C(=O)[C@@H](O)CCC/C=C/c2cc(O)cc(O)c2C(=O)O1. The van der Waals surface area contributed by atoms with Crippen molar-refractivity contribution >= 4 is 17.8 Å². The molecule has 0 bridgehead atoms. The number of phenols is 2. The summed E-state index contributed by atoms with van der Waals surface area (Å²) in [6.45, 7) is 1.66. The lowest BCUT2D eigenvalue weighted by molar-refractivity contribution is -0.122. The third-order valence-electron chi connectivity index (χ3n) is 3.87. The van der Waals surface area contributed by atoms with Gasteiger partial charge in [0.1, 0.15) is 29.3 Å². The zero-order chi connectivity index (χ0) is 18.4. The molecule has 6 nitrogen and oxygen atoms in total. The lowest BCUT2D eigenvalue weighted by atomic mass is 10.0. The molecule has 3 N–H and O–H groups in total. The highest BCUT2D eigenvalue weighted by molar-refractivity contribution is 5.97. The van der Waals surface area contributed by atoms with Gasteiger partial charge < -0.3 is 20.1 Å². The first-order valence-corrected chi connectivity index (χ1v) is 8.20. The normalized spacial score (nSPS) is 25.2. The Morgan fingerprint density at radius 3 is 2.64 bits per heavy atom. The largest absolute Gasteiger partial charge is 0.508 e. The maximum atomic E-state index is 12.4. The van der Waals surface area contributed by atoms with Crippen molar-refractivity contribution < 1.29 is 29.6 Å². The van der Waals surface area contributed by atoms with Gasteiger partial charge in [0.05, 0.1) is 0 Å². The molecule has 0 spiro atoms. The molecule has 1 aliphatic heterocycles. The van der Waals surface area contributed by atoms with Crippen LogP contribution in [0.15, 0.2) is 30.4 Å². The minimum Gasteiger partial charge on any atom is -0.508 e. The van der Waals surface area contributed by atoms with Crippen molar-refractivity contribution in [2.24, 2.45) is 0 Å². The van der Waals surface area contributed by atoms with E-state index in [4.69, 9.17) is 4.74 Å². The number of fused-ring (bicyclic) bond motifs is 1. The van der Waals surface area contributed by atoms with Crippen LogP contribution in [0.25, 0.3) is 6.08 Å². The number of cyclic esters (lactones) is 1. The van der Waals surface area contributed by atoms with Crippen molar-refractivity contribution in [3.63, 3.8) is 0 Å². The number of aliphatic hydroxyl groups is 1. The van der Waals surface area contributed by atoms with Crippen LogP contribution in [0.5, 0.6) is 11.5 Å². The Bertz CT molecular complexity index is 704.